The van der Waals surface area contributed by atoms with E-state index in [4.69, 9.17) is 4.74 Å². The fraction of sp³-hybridized carbons (Fsp3) is 0.444. The molecule has 2 N–H and O–H groups in total. The van der Waals surface area contributed by atoms with Crippen molar-refractivity contribution in [1.82, 2.24) is 10.6 Å². The summed E-state index contributed by atoms with van der Waals surface area (Å²) in [5, 5.41) is 6.01. The number of rotatable bonds is 10. The van der Waals surface area contributed by atoms with Crippen LogP contribution in [0.25, 0.3) is 0 Å². The molecule has 2 amide bonds. The van der Waals surface area contributed by atoms with E-state index in [9.17, 15) is 14.4 Å². The van der Waals surface area contributed by atoms with Crippen LogP contribution in [0.5, 0.6) is 0 Å². The van der Waals surface area contributed by atoms with Crippen LogP contribution in [0.3, 0.4) is 0 Å². The molecule has 182 valence electrons. The van der Waals surface area contributed by atoms with Crippen LogP contribution < -0.4 is 10.6 Å². The highest BCUT2D eigenvalue weighted by atomic mass is 32.2. The predicted molar refractivity (Wildman–Crippen MR) is 135 cm³/mol. The summed E-state index contributed by atoms with van der Waals surface area (Å²) in [6.45, 7) is 1.91. The fourth-order valence-corrected chi connectivity index (χ4v) is 5.23. The Kier molecular flexibility index (Phi) is 9.72. The van der Waals surface area contributed by atoms with Crippen molar-refractivity contribution in [3.63, 3.8) is 0 Å². The Morgan fingerprint density at radius 3 is 2.15 bits per heavy atom. The van der Waals surface area contributed by atoms with Gasteiger partial charge in [-0.2, -0.15) is 0 Å². The highest BCUT2D eigenvalue weighted by molar-refractivity contribution is 8.13. The van der Waals surface area contributed by atoms with Gasteiger partial charge in [0, 0.05) is 32.8 Å². The minimum atomic E-state index is -0.710. The maximum absolute atomic E-state index is 13.7. The summed E-state index contributed by atoms with van der Waals surface area (Å²) in [7, 11) is 1.69. The SMILES string of the molecule is CO[C@H]1CC[C@@](CSC(C)=O)(C(=O)N[C@@H](Cc2ccccc2)C(=O)NCc2ccccc2)CC1. The molecule has 0 saturated heterocycles. The Morgan fingerprint density at radius 1 is 1.00 bits per heavy atom. The van der Waals surface area contributed by atoms with Gasteiger partial charge in [0.05, 0.1) is 11.5 Å². The van der Waals surface area contributed by atoms with Crippen LogP contribution in [-0.2, 0) is 32.1 Å². The van der Waals surface area contributed by atoms with Crippen molar-refractivity contribution < 1.29 is 19.1 Å². The van der Waals surface area contributed by atoms with Crippen LogP contribution in [0.4, 0.5) is 0 Å². The molecule has 0 heterocycles. The monoisotopic (exact) mass is 482 g/mol. The molecule has 1 saturated carbocycles. The molecule has 0 aromatic heterocycles. The van der Waals surface area contributed by atoms with Crippen molar-refractivity contribution in [2.45, 2.75) is 57.7 Å². The number of benzene rings is 2. The molecule has 1 aliphatic rings. The lowest BCUT2D eigenvalue weighted by atomic mass is 9.73. The zero-order chi connectivity index (χ0) is 24.4. The van der Waals surface area contributed by atoms with Gasteiger partial charge in [0.1, 0.15) is 6.04 Å². The van der Waals surface area contributed by atoms with E-state index in [1.807, 2.05) is 60.7 Å². The van der Waals surface area contributed by atoms with E-state index in [2.05, 4.69) is 10.6 Å². The van der Waals surface area contributed by atoms with Gasteiger partial charge in [-0.05, 0) is 36.8 Å². The minimum absolute atomic E-state index is 0.0116. The zero-order valence-electron chi connectivity index (χ0n) is 19.9. The van der Waals surface area contributed by atoms with Gasteiger partial charge in [-0.15, -0.1) is 0 Å². The van der Waals surface area contributed by atoms with Crippen LogP contribution in [0.1, 0.15) is 43.7 Å². The maximum atomic E-state index is 13.7. The summed E-state index contributed by atoms with van der Waals surface area (Å²) < 4.78 is 5.49. The normalized spacial score (nSPS) is 20.8. The first-order valence-electron chi connectivity index (χ1n) is 11.7. The summed E-state index contributed by atoms with van der Waals surface area (Å²) in [6, 6.07) is 18.7. The number of hydrogen-bond donors (Lipinski definition) is 2. The molecule has 0 radical (unpaired) electrons. The molecule has 3 rings (SSSR count). The van der Waals surface area contributed by atoms with Gasteiger partial charge in [-0.1, -0.05) is 72.4 Å². The van der Waals surface area contributed by atoms with Crippen molar-refractivity contribution in [1.29, 1.82) is 0 Å². The second-order valence-electron chi connectivity index (χ2n) is 8.91. The van der Waals surface area contributed by atoms with Crippen LogP contribution in [0.2, 0.25) is 0 Å². The van der Waals surface area contributed by atoms with Gasteiger partial charge in [-0.3, -0.25) is 14.4 Å². The third kappa shape index (κ3) is 7.43. The lowest BCUT2D eigenvalue weighted by Gasteiger charge is -2.39. The van der Waals surface area contributed by atoms with Crippen molar-refractivity contribution in [2.24, 2.45) is 5.41 Å². The summed E-state index contributed by atoms with van der Waals surface area (Å²) in [4.78, 5) is 38.6. The molecule has 1 atom stereocenters. The predicted octanol–water partition coefficient (Wildman–Crippen LogP) is 3.89. The Balaban J connectivity index is 1.75. The van der Waals surface area contributed by atoms with E-state index >= 15 is 0 Å². The highest BCUT2D eigenvalue weighted by Crippen LogP contribution is 2.40. The van der Waals surface area contributed by atoms with Gasteiger partial charge >= 0.3 is 0 Å². The van der Waals surface area contributed by atoms with Crippen molar-refractivity contribution >= 4 is 28.7 Å². The van der Waals surface area contributed by atoms with Crippen LogP contribution in [0, 0.1) is 5.41 Å². The second-order valence-corrected chi connectivity index (χ2v) is 10.1. The third-order valence-electron chi connectivity index (χ3n) is 6.47. The van der Waals surface area contributed by atoms with Crippen molar-refractivity contribution in [3.8, 4) is 0 Å². The second kappa shape index (κ2) is 12.7. The molecular formula is C27H34N2O4S. The highest BCUT2D eigenvalue weighted by Gasteiger charge is 2.43. The minimum Gasteiger partial charge on any atom is -0.381 e. The zero-order valence-corrected chi connectivity index (χ0v) is 20.7. The Bertz CT molecular complexity index is 944. The van der Waals surface area contributed by atoms with E-state index in [1.54, 1.807) is 7.11 Å². The number of carbonyl (C=O) groups excluding carboxylic acids is 3. The first-order chi connectivity index (χ1) is 16.4. The van der Waals surface area contributed by atoms with E-state index in [1.165, 1.54) is 18.7 Å². The lowest BCUT2D eigenvalue weighted by molar-refractivity contribution is -0.137. The quantitative estimate of drug-likeness (QED) is 0.537. The first-order valence-corrected chi connectivity index (χ1v) is 12.7. The summed E-state index contributed by atoms with van der Waals surface area (Å²) in [6.07, 6.45) is 3.28. The largest absolute Gasteiger partial charge is 0.381 e. The number of nitrogens with one attached hydrogen (secondary N) is 2. The Morgan fingerprint density at radius 2 is 1.59 bits per heavy atom. The van der Waals surface area contributed by atoms with E-state index in [0.29, 0.717) is 31.6 Å². The topological polar surface area (TPSA) is 84.5 Å². The molecule has 0 spiro atoms. The molecule has 6 nitrogen and oxygen atoms in total. The van der Waals surface area contributed by atoms with Gasteiger partial charge in [0.25, 0.3) is 0 Å². The average molecular weight is 483 g/mol. The molecule has 1 aliphatic carbocycles. The molecule has 7 heteroatoms. The van der Waals surface area contributed by atoms with Crippen LogP contribution in [-0.4, -0.2) is 41.9 Å². The number of thioether (sulfide) groups is 1. The average Bonchev–Trinajstić information content (AvgIpc) is 2.87. The number of amides is 2. The molecule has 0 bridgehead atoms. The van der Waals surface area contributed by atoms with E-state index < -0.39 is 11.5 Å². The number of carbonyl (C=O) groups is 3. The molecular weight excluding hydrogens is 448 g/mol. The molecule has 2 aromatic carbocycles. The number of methoxy groups -OCH3 is 1. The summed E-state index contributed by atoms with van der Waals surface area (Å²) in [5.41, 5.74) is 1.27. The standard InChI is InChI=1S/C27H34N2O4S/c1-20(30)34-19-27(15-13-23(33-2)14-16-27)26(32)29-24(17-21-9-5-3-6-10-21)25(31)28-18-22-11-7-4-8-12-22/h3-12,23-24H,13-19H2,1-2H3,(H,28,31)(H,29,32)/t23-,24-,27+/m0/s1. The summed E-state index contributed by atoms with van der Waals surface area (Å²) >= 11 is 1.18. The summed E-state index contributed by atoms with van der Waals surface area (Å²) in [5.74, 6) is 0.0292. The van der Waals surface area contributed by atoms with E-state index in [0.717, 1.165) is 24.0 Å². The smallest absolute Gasteiger partial charge is 0.243 e. The first kappa shape index (κ1) is 26.0. The fourth-order valence-electron chi connectivity index (χ4n) is 4.33. The number of ether oxygens (including phenoxy) is 1. The molecule has 1 fully saturated rings. The molecule has 0 unspecified atom stereocenters. The Hall–Kier alpha value is -2.64. The van der Waals surface area contributed by atoms with Crippen LogP contribution >= 0.6 is 11.8 Å². The van der Waals surface area contributed by atoms with Gasteiger partial charge in [0.2, 0.25) is 11.8 Å². The molecule has 2 aromatic rings. The van der Waals surface area contributed by atoms with E-state index in [-0.39, 0.29) is 23.0 Å². The van der Waals surface area contributed by atoms with Crippen molar-refractivity contribution in [2.75, 3.05) is 12.9 Å². The van der Waals surface area contributed by atoms with Crippen molar-refractivity contribution in [3.05, 3.63) is 71.8 Å². The van der Waals surface area contributed by atoms with Gasteiger partial charge < -0.3 is 15.4 Å². The Labute approximate surface area is 206 Å². The molecule has 34 heavy (non-hydrogen) atoms. The van der Waals surface area contributed by atoms with Gasteiger partial charge in [0.15, 0.2) is 5.12 Å². The van der Waals surface area contributed by atoms with Gasteiger partial charge in [-0.25, -0.2) is 0 Å². The number of hydrogen-bond acceptors (Lipinski definition) is 5. The lowest BCUT2D eigenvalue weighted by Crippen LogP contribution is -2.54. The van der Waals surface area contributed by atoms with Crippen LogP contribution in [0.15, 0.2) is 60.7 Å². The third-order valence-corrected chi connectivity index (χ3v) is 7.57. The molecule has 0 aliphatic heterocycles. The maximum Gasteiger partial charge on any atom is 0.243 e.